The quantitative estimate of drug-likeness (QED) is 0.764. The van der Waals surface area contributed by atoms with Crippen molar-refractivity contribution in [1.29, 1.82) is 0 Å². The molecule has 0 saturated carbocycles. The van der Waals surface area contributed by atoms with Crippen LogP contribution < -0.4 is 5.73 Å². The molecular weight excluding hydrogens is 350 g/mol. The van der Waals surface area contributed by atoms with Gasteiger partial charge in [0.05, 0.1) is 4.90 Å². The highest BCUT2D eigenvalue weighted by atomic mass is 32.2. The molecule has 0 fully saturated rings. The zero-order valence-electron chi connectivity index (χ0n) is 15.1. The SMILES string of the molecule is CN(C)C(=O)c1cccc(S(=O)(=O)N(CCCN)Cc2ccccc2)c1. The fourth-order valence-electron chi connectivity index (χ4n) is 2.54. The van der Waals surface area contributed by atoms with Crippen LogP contribution in [-0.2, 0) is 16.6 Å². The minimum Gasteiger partial charge on any atom is -0.345 e. The summed E-state index contributed by atoms with van der Waals surface area (Å²) in [6, 6.07) is 15.6. The highest BCUT2D eigenvalue weighted by Crippen LogP contribution is 2.20. The van der Waals surface area contributed by atoms with Gasteiger partial charge >= 0.3 is 0 Å². The number of benzene rings is 2. The molecule has 0 aromatic heterocycles. The van der Waals surface area contributed by atoms with E-state index in [9.17, 15) is 13.2 Å². The van der Waals surface area contributed by atoms with Crippen molar-refractivity contribution in [3.8, 4) is 0 Å². The summed E-state index contributed by atoms with van der Waals surface area (Å²) in [7, 11) is -0.483. The molecule has 26 heavy (non-hydrogen) atoms. The molecule has 7 heteroatoms. The van der Waals surface area contributed by atoms with Crippen LogP contribution in [0.5, 0.6) is 0 Å². The van der Waals surface area contributed by atoms with Gasteiger partial charge in [-0.3, -0.25) is 4.79 Å². The predicted molar refractivity (Wildman–Crippen MR) is 102 cm³/mol. The Hall–Kier alpha value is -2.22. The van der Waals surface area contributed by atoms with Crippen LogP contribution >= 0.6 is 0 Å². The molecule has 2 aromatic carbocycles. The van der Waals surface area contributed by atoms with E-state index < -0.39 is 10.0 Å². The Balaban J connectivity index is 2.36. The lowest BCUT2D eigenvalue weighted by Gasteiger charge is -2.22. The summed E-state index contributed by atoms with van der Waals surface area (Å²) >= 11 is 0. The van der Waals surface area contributed by atoms with E-state index >= 15 is 0 Å². The van der Waals surface area contributed by atoms with Crippen molar-refractivity contribution in [3.05, 3.63) is 65.7 Å². The molecule has 2 aromatic rings. The molecule has 0 radical (unpaired) electrons. The maximum Gasteiger partial charge on any atom is 0.253 e. The summed E-state index contributed by atoms with van der Waals surface area (Å²) in [5.41, 5.74) is 6.82. The summed E-state index contributed by atoms with van der Waals surface area (Å²) in [6.45, 7) is 0.981. The fourth-order valence-corrected chi connectivity index (χ4v) is 4.05. The molecule has 1 amide bonds. The van der Waals surface area contributed by atoms with Crippen molar-refractivity contribution in [1.82, 2.24) is 9.21 Å². The molecule has 0 unspecified atom stereocenters. The van der Waals surface area contributed by atoms with Crippen molar-refractivity contribution in [2.75, 3.05) is 27.2 Å². The largest absolute Gasteiger partial charge is 0.345 e. The number of carbonyl (C=O) groups excluding carboxylic acids is 1. The molecule has 6 nitrogen and oxygen atoms in total. The van der Waals surface area contributed by atoms with E-state index in [-0.39, 0.29) is 17.3 Å². The van der Waals surface area contributed by atoms with Crippen LogP contribution in [-0.4, -0.2) is 50.7 Å². The summed E-state index contributed by atoms with van der Waals surface area (Å²) < 4.78 is 27.7. The number of amides is 1. The Morgan fingerprint density at radius 1 is 1.04 bits per heavy atom. The Kier molecular flexibility index (Phi) is 6.90. The van der Waals surface area contributed by atoms with E-state index in [2.05, 4.69) is 0 Å². The van der Waals surface area contributed by atoms with E-state index in [0.29, 0.717) is 25.1 Å². The van der Waals surface area contributed by atoms with Gasteiger partial charge in [0, 0.05) is 32.7 Å². The van der Waals surface area contributed by atoms with Crippen LogP contribution in [0.1, 0.15) is 22.3 Å². The second-order valence-corrected chi connectivity index (χ2v) is 8.13. The van der Waals surface area contributed by atoms with Gasteiger partial charge < -0.3 is 10.6 Å². The lowest BCUT2D eigenvalue weighted by molar-refractivity contribution is 0.0827. The average molecular weight is 375 g/mol. The van der Waals surface area contributed by atoms with E-state index in [1.807, 2.05) is 30.3 Å². The molecule has 0 aliphatic carbocycles. The number of rotatable bonds is 8. The first-order valence-corrected chi connectivity index (χ1v) is 9.86. The molecule has 0 heterocycles. The molecule has 0 aliphatic heterocycles. The summed E-state index contributed by atoms with van der Waals surface area (Å²) in [4.78, 5) is 13.7. The number of hydrogen-bond donors (Lipinski definition) is 1. The van der Waals surface area contributed by atoms with Gasteiger partial charge in [0.2, 0.25) is 10.0 Å². The van der Waals surface area contributed by atoms with Crippen LogP contribution in [0, 0.1) is 0 Å². The fraction of sp³-hybridized carbons (Fsp3) is 0.316. The van der Waals surface area contributed by atoms with Crippen LogP contribution in [0.2, 0.25) is 0 Å². The number of sulfonamides is 1. The van der Waals surface area contributed by atoms with Crippen molar-refractivity contribution in [3.63, 3.8) is 0 Å². The Morgan fingerprint density at radius 2 is 1.73 bits per heavy atom. The second kappa shape index (κ2) is 8.93. The van der Waals surface area contributed by atoms with Crippen LogP contribution in [0.4, 0.5) is 0 Å². The maximum absolute atomic E-state index is 13.1. The Morgan fingerprint density at radius 3 is 2.35 bits per heavy atom. The van der Waals surface area contributed by atoms with Crippen LogP contribution in [0.3, 0.4) is 0 Å². The minimum absolute atomic E-state index is 0.109. The first kappa shape index (κ1) is 20.1. The van der Waals surface area contributed by atoms with Crippen LogP contribution in [0.25, 0.3) is 0 Å². The van der Waals surface area contributed by atoms with Gasteiger partial charge in [-0.1, -0.05) is 36.4 Å². The second-order valence-electron chi connectivity index (χ2n) is 6.19. The van der Waals surface area contributed by atoms with Gasteiger partial charge in [0.25, 0.3) is 5.91 Å². The normalized spacial score (nSPS) is 11.5. The minimum atomic E-state index is -3.75. The molecular formula is C19H25N3O3S. The molecule has 0 aliphatic rings. The number of nitrogens with zero attached hydrogens (tertiary/aromatic N) is 2. The Labute approximate surface area is 155 Å². The summed E-state index contributed by atoms with van der Waals surface area (Å²) in [5.74, 6) is -0.237. The van der Waals surface area contributed by atoms with E-state index in [0.717, 1.165) is 5.56 Å². The third kappa shape index (κ3) is 4.91. The molecule has 0 spiro atoms. The summed E-state index contributed by atoms with van der Waals surface area (Å²) in [5, 5.41) is 0. The van der Waals surface area contributed by atoms with Gasteiger partial charge in [-0.15, -0.1) is 0 Å². The van der Waals surface area contributed by atoms with Gasteiger partial charge in [0.1, 0.15) is 0 Å². The van der Waals surface area contributed by atoms with Crippen LogP contribution in [0.15, 0.2) is 59.5 Å². The molecule has 0 saturated heterocycles. The Bertz CT molecular complexity index is 836. The molecule has 0 bridgehead atoms. The highest BCUT2D eigenvalue weighted by molar-refractivity contribution is 7.89. The zero-order chi connectivity index (χ0) is 19.2. The van der Waals surface area contributed by atoms with Crippen molar-refractivity contribution < 1.29 is 13.2 Å². The number of hydrogen-bond acceptors (Lipinski definition) is 4. The first-order valence-electron chi connectivity index (χ1n) is 8.42. The van der Waals surface area contributed by atoms with E-state index in [1.54, 1.807) is 26.2 Å². The molecule has 140 valence electrons. The van der Waals surface area contributed by atoms with Crippen molar-refractivity contribution in [2.45, 2.75) is 17.9 Å². The summed E-state index contributed by atoms with van der Waals surface area (Å²) in [6.07, 6.45) is 0.558. The lowest BCUT2D eigenvalue weighted by atomic mass is 10.2. The van der Waals surface area contributed by atoms with Gasteiger partial charge in [0.15, 0.2) is 0 Å². The first-order chi connectivity index (χ1) is 12.4. The lowest BCUT2D eigenvalue weighted by Crippen LogP contribution is -2.33. The molecule has 0 atom stereocenters. The van der Waals surface area contributed by atoms with Gasteiger partial charge in [-0.25, -0.2) is 8.42 Å². The average Bonchev–Trinajstić information content (AvgIpc) is 2.65. The number of nitrogens with two attached hydrogens (primary N) is 1. The van der Waals surface area contributed by atoms with Gasteiger partial charge in [-0.2, -0.15) is 4.31 Å². The number of carbonyl (C=O) groups is 1. The van der Waals surface area contributed by atoms with Crippen molar-refractivity contribution in [2.24, 2.45) is 5.73 Å². The molecule has 2 N–H and O–H groups in total. The zero-order valence-corrected chi connectivity index (χ0v) is 15.9. The van der Waals surface area contributed by atoms with E-state index in [1.165, 1.54) is 21.3 Å². The third-order valence-corrected chi connectivity index (χ3v) is 5.78. The smallest absolute Gasteiger partial charge is 0.253 e. The third-order valence-electron chi connectivity index (χ3n) is 3.94. The standard InChI is InChI=1S/C19H25N3O3S/c1-21(2)19(23)17-10-6-11-18(14-17)26(24,25)22(13-7-12-20)15-16-8-4-3-5-9-16/h3-6,8-11,14H,7,12-13,15,20H2,1-2H3. The van der Waals surface area contributed by atoms with Crippen molar-refractivity contribution >= 4 is 15.9 Å². The predicted octanol–water partition coefficient (Wildman–Crippen LogP) is 1.93. The highest BCUT2D eigenvalue weighted by Gasteiger charge is 2.25. The molecule has 2 rings (SSSR count). The monoisotopic (exact) mass is 375 g/mol. The topological polar surface area (TPSA) is 83.7 Å². The van der Waals surface area contributed by atoms with E-state index in [4.69, 9.17) is 5.73 Å². The maximum atomic E-state index is 13.1. The van der Waals surface area contributed by atoms with Gasteiger partial charge in [-0.05, 0) is 36.7 Å².